The van der Waals surface area contributed by atoms with Crippen molar-refractivity contribution in [2.24, 2.45) is 4.99 Å². The van der Waals surface area contributed by atoms with Gasteiger partial charge < -0.3 is 4.90 Å². The van der Waals surface area contributed by atoms with Crippen LogP contribution in [-0.4, -0.2) is 31.1 Å². The van der Waals surface area contributed by atoms with Crippen LogP contribution in [0.25, 0.3) is 0 Å². The molecular weight excluding hydrogens is 322 g/mol. The van der Waals surface area contributed by atoms with Gasteiger partial charge in [-0.05, 0) is 42.0 Å². The van der Waals surface area contributed by atoms with Crippen molar-refractivity contribution in [3.63, 3.8) is 0 Å². The van der Waals surface area contributed by atoms with E-state index >= 15 is 0 Å². The van der Waals surface area contributed by atoms with E-state index in [2.05, 4.69) is 9.89 Å². The first-order chi connectivity index (χ1) is 10.7. The molecule has 0 aliphatic carbocycles. The molecule has 0 fully saturated rings. The number of benzene rings is 2. The van der Waals surface area contributed by atoms with Crippen molar-refractivity contribution in [1.82, 2.24) is 0 Å². The van der Waals surface area contributed by atoms with Gasteiger partial charge in [0.2, 0.25) is 0 Å². The lowest BCUT2D eigenvalue weighted by molar-refractivity contribution is 0.628. The third kappa shape index (κ3) is 5.00. The number of halogens is 3. The Morgan fingerprint density at radius 2 is 1.50 bits per heavy atom. The summed E-state index contributed by atoms with van der Waals surface area (Å²) < 4.78 is 12.8. The molecule has 0 radical (unpaired) electrons. The summed E-state index contributed by atoms with van der Waals surface area (Å²) in [4.78, 5) is 6.46. The Hall–Kier alpha value is -1.58. The fraction of sp³-hybridized carbons (Fsp3) is 0.235. The molecule has 0 saturated heterocycles. The standard InChI is InChI=1S/C17H17Cl2FN2/c18-9-11-22(12-10-19)17-7-1-14(2-8-17)13-21-16-5-3-15(20)4-6-16/h1-8,13H,9-12H2. The minimum atomic E-state index is -0.262. The number of aliphatic imine (C=N–C) groups is 1. The summed E-state index contributed by atoms with van der Waals surface area (Å²) in [6, 6.07) is 14.1. The van der Waals surface area contributed by atoms with Crippen molar-refractivity contribution in [2.45, 2.75) is 0 Å². The Labute approximate surface area is 140 Å². The van der Waals surface area contributed by atoms with Gasteiger partial charge in [-0.15, -0.1) is 23.2 Å². The zero-order valence-corrected chi connectivity index (χ0v) is 13.6. The van der Waals surface area contributed by atoms with Gasteiger partial charge in [-0.2, -0.15) is 0 Å². The topological polar surface area (TPSA) is 15.6 Å². The van der Waals surface area contributed by atoms with E-state index in [1.165, 1.54) is 12.1 Å². The number of hydrogen-bond acceptors (Lipinski definition) is 2. The molecular formula is C17H17Cl2FN2. The van der Waals surface area contributed by atoms with Crippen LogP contribution in [0.5, 0.6) is 0 Å². The lowest BCUT2D eigenvalue weighted by Gasteiger charge is -2.22. The summed E-state index contributed by atoms with van der Waals surface area (Å²) >= 11 is 11.6. The number of rotatable bonds is 7. The van der Waals surface area contributed by atoms with E-state index in [4.69, 9.17) is 23.2 Å². The summed E-state index contributed by atoms with van der Waals surface area (Å²) in [6.45, 7) is 1.52. The summed E-state index contributed by atoms with van der Waals surface area (Å²) in [5.41, 5.74) is 2.78. The van der Waals surface area contributed by atoms with Gasteiger partial charge in [-0.3, -0.25) is 4.99 Å². The molecule has 0 N–H and O–H groups in total. The van der Waals surface area contributed by atoms with E-state index in [1.54, 1.807) is 18.3 Å². The first-order valence-corrected chi connectivity index (χ1v) is 8.06. The van der Waals surface area contributed by atoms with Gasteiger partial charge in [0.15, 0.2) is 0 Å². The molecule has 5 heteroatoms. The second kappa shape index (κ2) is 8.76. The Bertz CT molecular complexity index is 591. The number of anilines is 1. The Morgan fingerprint density at radius 1 is 0.909 bits per heavy atom. The van der Waals surface area contributed by atoms with Gasteiger partial charge in [0.25, 0.3) is 0 Å². The van der Waals surface area contributed by atoms with E-state index in [9.17, 15) is 4.39 Å². The predicted octanol–water partition coefficient (Wildman–Crippen LogP) is 4.86. The molecule has 116 valence electrons. The largest absolute Gasteiger partial charge is 0.369 e. The summed E-state index contributed by atoms with van der Waals surface area (Å²) in [5.74, 6) is 0.858. The molecule has 2 aromatic rings. The van der Waals surface area contributed by atoms with Gasteiger partial charge in [0.1, 0.15) is 5.82 Å². The van der Waals surface area contributed by atoms with Crippen LogP contribution in [0.4, 0.5) is 15.8 Å². The van der Waals surface area contributed by atoms with E-state index in [0.29, 0.717) is 11.8 Å². The molecule has 2 rings (SSSR count). The molecule has 0 spiro atoms. The molecule has 0 aromatic heterocycles. The zero-order valence-electron chi connectivity index (χ0n) is 12.1. The summed E-state index contributed by atoms with van der Waals surface area (Å²) in [6.07, 6.45) is 1.75. The SMILES string of the molecule is Fc1ccc(N=Cc2ccc(N(CCCl)CCCl)cc2)cc1. The summed E-state index contributed by atoms with van der Waals surface area (Å²) in [7, 11) is 0. The number of alkyl halides is 2. The molecule has 0 unspecified atom stereocenters. The third-order valence-corrected chi connectivity index (χ3v) is 3.49. The maximum absolute atomic E-state index is 12.8. The predicted molar refractivity (Wildman–Crippen MR) is 93.7 cm³/mol. The molecule has 0 amide bonds. The van der Waals surface area contributed by atoms with Crippen molar-refractivity contribution < 1.29 is 4.39 Å². The molecule has 0 saturated carbocycles. The molecule has 0 aliphatic rings. The molecule has 22 heavy (non-hydrogen) atoms. The van der Waals surface area contributed by atoms with Crippen molar-refractivity contribution in [3.05, 3.63) is 59.9 Å². The first-order valence-electron chi connectivity index (χ1n) is 6.99. The maximum Gasteiger partial charge on any atom is 0.123 e. The fourth-order valence-corrected chi connectivity index (χ4v) is 2.43. The van der Waals surface area contributed by atoms with Gasteiger partial charge in [0, 0.05) is 36.8 Å². The molecule has 0 aliphatic heterocycles. The van der Waals surface area contributed by atoms with Crippen LogP contribution in [0.1, 0.15) is 5.56 Å². The molecule has 0 bridgehead atoms. The van der Waals surface area contributed by atoms with E-state index < -0.39 is 0 Å². The highest BCUT2D eigenvalue weighted by molar-refractivity contribution is 6.18. The van der Waals surface area contributed by atoms with Crippen LogP contribution in [0.3, 0.4) is 0 Å². The van der Waals surface area contributed by atoms with Crippen molar-refractivity contribution in [1.29, 1.82) is 0 Å². The summed E-state index contributed by atoms with van der Waals surface area (Å²) in [5, 5.41) is 0. The molecule has 0 atom stereocenters. The van der Waals surface area contributed by atoms with Crippen LogP contribution >= 0.6 is 23.2 Å². The monoisotopic (exact) mass is 338 g/mol. The first kappa shape index (κ1) is 16.8. The van der Waals surface area contributed by atoms with E-state index in [1.807, 2.05) is 24.3 Å². The van der Waals surface area contributed by atoms with Crippen LogP contribution in [0.2, 0.25) is 0 Å². The smallest absolute Gasteiger partial charge is 0.123 e. The minimum absolute atomic E-state index is 0.262. The Kier molecular flexibility index (Phi) is 6.69. The highest BCUT2D eigenvalue weighted by Gasteiger charge is 2.04. The van der Waals surface area contributed by atoms with Gasteiger partial charge in [-0.1, -0.05) is 12.1 Å². The van der Waals surface area contributed by atoms with Crippen LogP contribution in [-0.2, 0) is 0 Å². The van der Waals surface area contributed by atoms with Gasteiger partial charge >= 0.3 is 0 Å². The second-order valence-electron chi connectivity index (χ2n) is 4.69. The normalized spacial score (nSPS) is 11.0. The minimum Gasteiger partial charge on any atom is -0.369 e. The average molecular weight is 339 g/mol. The molecule has 0 heterocycles. The average Bonchev–Trinajstić information content (AvgIpc) is 2.55. The zero-order chi connectivity index (χ0) is 15.8. The van der Waals surface area contributed by atoms with Crippen molar-refractivity contribution in [3.8, 4) is 0 Å². The van der Waals surface area contributed by atoms with Crippen molar-refractivity contribution >= 4 is 40.8 Å². The highest BCUT2D eigenvalue weighted by atomic mass is 35.5. The maximum atomic E-state index is 12.8. The lowest BCUT2D eigenvalue weighted by atomic mass is 10.2. The van der Waals surface area contributed by atoms with Gasteiger partial charge in [0.05, 0.1) is 5.69 Å². The van der Waals surface area contributed by atoms with Crippen molar-refractivity contribution in [2.75, 3.05) is 29.7 Å². The van der Waals surface area contributed by atoms with Crippen LogP contribution in [0.15, 0.2) is 53.5 Å². The van der Waals surface area contributed by atoms with Crippen LogP contribution < -0.4 is 4.90 Å². The number of hydrogen-bond donors (Lipinski definition) is 0. The highest BCUT2D eigenvalue weighted by Crippen LogP contribution is 2.16. The fourth-order valence-electron chi connectivity index (χ4n) is 2.02. The molecule has 2 nitrogen and oxygen atoms in total. The molecule has 2 aromatic carbocycles. The van der Waals surface area contributed by atoms with Gasteiger partial charge in [-0.25, -0.2) is 4.39 Å². The Morgan fingerprint density at radius 3 is 2.05 bits per heavy atom. The quantitative estimate of drug-likeness (QED) is 0.520. The third-order valence-electron chi connectivity index (χ3n) is 3.16. The van der Waals surface area contributed by atoms with E-state index in [-0.39, 0.29) is 5.82 Å². The Balaban J connectivity index is 2.06. The number of nitrogens with zero attached hydrogens (tertiary/aromatic N) is 2. The second-order valence-corrected chi connectivity index (χ2v) is 5.45. The lowest BCUT2D eigenvalue weighted by Crippen LogP contribution is -2.27. The van der Waals surface area contributed by atoms with Crippen LogP contribution in [0, 0.1) is 5.82 Å². The van der Waals surface area contributed by atoms with E-state index in [0.717, 1.165) is 30.0 Å².